The molecular weight excluding hydrogens is 367 g/mol. The Labute approximate surface area is 132 Å². The van der Waals surface area contributed by atoms with E-state index in [4.69, 9.17) is 11.6 Å². The average Bonchev–Trinajstić information content (AvgIpc) is 2.43. The minimum absolute atomic E-state index is 0.156. The van der Waals surface area contributed by atoms with Gasteiger partial charge in [0.05, 0.1) is 27.3 Å². The van der Waals surface area contributed by atoms with Crippen LogP contribution in [0.25, 0.3) is 0 Å². The van der Waals surface area contributed by atoms with Gasteiger partial charge >= 0.3 is 0 Å². The molecule has 108 valence electrons. The zero-order valence-electron chi connectivity index (χ0n) is 10.3. The van der Waals surface area contributed by atoms with E-state index in [2.05, 4.69) is 21.2 Å². The first-order valence-electron chi connectivity index (χ1n) is 5.59. The number of carbonyl (C=O) groups excluding carboxylic acids is 1. The largest absolute Gasteiger partial charge is 0.319 e. The van der Waals surface area contributed by atoms with E-state index in [-0.39, 0.29) is 16.3 Å². The number of carbonyl (C=O) groups is 1. The minimum Gasteiger partial charge on any atom is -0.319 e. The summed E-state index contributed by atoms with van der Waals surface area (Å²) < 4.78 is 14.3. The highest BCUT2D eigenvalue weighted by Gasteiger charge is 2.15. The quantitative estimate of drug-likeness (QED) is 0.640. The number of amides is 1. The third kappa shape index (κ3) is 3.56. The molecule has 5 nitrogen and oxygen atoms in total. The standard InChI is InChI=1S/C13H7BrClFN2O3/c14-7-1-3-10(15)9(5-7)13(19)17-12-4-2-8(18(20)21)6-11(12)16/h1-6H,(H,17,19). The number of halogens is 3. The van der Waals surface area contributed by atoms with Crippen molar-refractivity contribution in [3.05, 3.63) is 67.4 Å². The zero-order chi connectivity index (χ0) is 15.6. The normalized spacial score (nSPS) is 10.2. The number of rotatable bonds is 3. The molecule has 1 N–H and O–H groups in total. The van der Waals surface area contributed by atoms with E-state index in [1.54, 1.807) is 6.07 Å². The summed E-state index contributed by atoms with van der Waals surface area (Å²) in [6.45, 7) is 0. The fraction of sp³-hybridized carbons (Fsp3) is 0. The van der Waals surface area contributed by atoms with Gasteiger partial charge in [-0.1, -0.05) is 27.5 Å². The molecule has 2 aromatic rings. The van der Waals surface area contributed by atoms with Crippen molar-refractivity contribution in [3.8, 4) is 0 Å². The van der Waals surface area contributed by atoms with Crippen LogP contribution in [-0.4, -0.2) is 10.8 Å². The van der Waals surface area contributed by atoms with Crippen molar-refractivity contribution < 1.29 is 14.1 Å². The maximum atomic E-state index is 13.7. The van der Waals surface area contributed by atoms with Gasteiger partial charge in [0, 0.05) is 10.5 Å². The van der Waals surface area contributed by atoms with Crippen LogP contribution in [0.3, 0.4) is 0 Å². The predicted molar refractivity (Wildman–Crippen MR) is 80.2 cm³/mol. The number of nitro groups is 1. The highest BCUT2D eigenvalue weighted by molar-refractivity contribution is 9.10. The van der Waals surface area contributed by atoms with Crippen LogP contribution in [0.4, 0.5) is 15.8 Å². The SMILES string of the molecule is O=C(Nc1ccc([N+](=O)[O-])cc1F)c1cc(Br)ccc1Cl. The summed E-state index contributed by atoms with van der Waals surface area (Å²) in [5, 5.41) is 13.0. The molecule has 0 radical (unpaired) electrons. The fourth-order valence-electron chi connectivity index (χ4n) is 1.58. The van der Waals surface area contributed by atoms with E-state index in [9.17, 15) is 19.3 Å². The monoisotopic (exact) mass is 372 g/mol. The van der Waals surface area contributed by atoms with Crippen molar-refractivity contribution in [2.75, 3.05) is 5.32 Å². The van der Waals surface area contributed by atoms with Crippen molar-refractivity contribution in [2.24, 2.45) is 0 Å². The molecule has 0 unspecified atom stereocenters. The maximum Gasteiger partial charge on any atom is 0.272 e. The molecule has 1 amide bonds. The highest BCUT2D eigenvalue weighted by Crippen LogP contribution is 2.24. The van der Waals surface area contributed by atoms with Crippen LogP contribution in [0, 0.1) is 15.9 Å². The molecule has 0 saturated carbocycles. The second-order valence-electron chi connectivity index (χ2n) is 4.00. The molecule has 0 fully saturated rings. The highest BCUT2D eigenvalue weighted by atomic mass is 79.9. The number of benzene rings is 2. The third-order valence-corrected chi connectivity index (χ3v) is 3.41. The summed E-state index contributed by atoms with van der Waals surface area (Å²) in [6, 6.07) is 7.62. The van der Waals surface area contributed by atoms with Crippen molar-refractivity contribution >= 4 is 44.8 Å². The summed E-state index contributed by atoms with van der Waals surface area (Å²) in [4.78, 5) is 21.8. The Morgan fingerprint density at radius 2 is 2.00 bits per heavy atom. The molecule has 0 aromatic heterocycles. The Morgan fingerprint density at radius 3 is 2.62 bits per heavy atom. The Bertz CT molecular complexity index is 739. The minimum atomic E-state index is -0.899. The first-order chi connectivity index (χ1) is 9.88. The summed E-state index contributed by atoms with van der Waals surface area (Å²) in [7, 11) is 0. The molecule has 0 aliphatic rings. The molecule has 0 heterocycles. The van der Waals surface area contributed by atoms with Gasteiger partial charge in [0.15, 0.2) is 5.82 Å². The molecule has 0 bridgehead atoms. The molecule has 0 saturated heterocycles. The Balaban J connectivity index is 2.27. The average molecular weight is 374 g/mol. The fourth-order valence-corrected chi connectivity index (χ4v) is 2.14. The molecule has 0 aliphatic heterocycles. The molecule has 21 heavy (non-hydrogen) atoms. The number of nitrogens with one attached hydrogen (secondary N) is 1. The van der Waals surface area contributed by atoms with Gasteiger partial charge in [-0.2, -0.15) is 0 Å². The number of nitrogens with zero attached hydrogens (tertiary/aromatic N) is 1. The van der Waals surface area contributed by atoms with Crippen molar-refractivity contribution in [1.82, 2.24) is 0 Å². The van der Waals surface area contributed by atoms with Crippen molar-refractivity contribution in [2.45, 2.75) is 0 Å². The first kappa shape index (κ1) is 15.4. The van der Waals surface area contributed by atoms with E-state index < -0.39 is 22.3 Å². The summed E-state index contributed by atoms with van der Waals surface area (Å²) >= 11 is 9.10. The third-order valence-electron chi connectivity index (χ3n) is 2.58. The number of non-ortho nitro benzene ring substituents is 1. The van der Waals surface area contributed by atoms with E-state index >= 15 is 0 Å². The summed E-state index contributed by atoms with van der Waals surface area (Å²) in [5.74, 6) is -1.52. The lowest BCUT2D eigenvalue weighted by molar-refractivity contribution is -0.385. The van der Waals surface area contributed by atoms with Gasteiger partial charge in [0.1, 0.15) is 0 Å². The van der Waals surface area contributed by atoms with Crippen LogP contribution >= 0.6 is 27.5 Å². The van der Waals surface area contributed by atoms with E-state index in [0.717, 1.165) is 18.2 Å². The Hall–Kier alpha value is -1.99. The summed E-state index contributed by atoms with van der Waals surface area (Å²) in [6.07, 6.45) is 0. The predicted octanol–water partition coefficient (Wildman–Crippen LogP) is 4.40. The van der Waals surface area contributed by atoms with Gasteiger partial charge < -0.3 is 5.32 Å². The lowest BCUT2D eigenvalue weighted by atomic mass is 10.2. The number of hydrogen-bond donors (Lipinski definition) is 1. The number of nitro benzene ring substituents is 1. The van der Waals surface area contributed by atoms with Crippen LogP contribution < -0.4 is 5.32 Å². The van der Waals surface area contributed by atoms with Gasteiger partial charge in [-0.3, -0.25) is 14.9 Å². The molecule has 2 aromatic carbocycles. The van der Waals surface area contributed by atoms with Gasteiger partial charge in [0.25, 0.3) is 11.6 Å². The van der Waals surface area contributed by atoms with E-state index in [0.29, 0.717) is 4.47 Å². The zero-order valence-corrected chi connectivity index (χ0v) is 12.6. The maximum absolute atomic E-state index is 13.7. The van der Waals surface area contributed by atoms with Crippen molar-refractivity contribution in [3.63, 3.8) is 0 Å². The van der Waals surface area contributed by atoms with Crippen LogP contribution in [0.15, 0.2) is 40.9 Å². The van der Waals surface area contributed by atoms with Gasteiger partial charge in [-0.15, -0.1) is 0 Å². The number of hydrogen-bond acceptors (Lipinski definition) is 3. The van der Waals surface area contributed by atoms with E-state index in [1.165, 1.54) is 12.1 Å². The molecular formula is C13H7BrClFN2O3. The van der Waals surface area contributed by atoms with Crippen molar-refractivity contribution in [1.29, 1.82) is 0 Å². The van der Waals surface area contributed by atoms with Gasteiger partial charge in [-0.25, -0.2) is 4.39 Å². The van der Waals surface area contributed by atoms with Gasteiger partial charge in [0.2, 0.25) is 0 Å². The second-order valence-corrected chi connectivity index (χ2v) is 5.32. The van der Waals surface area contributed by atoms with Crippen LogP contribution in [0.1, 0.15) is 10.4 Å². The van der Waals surface area contributed by atoms with Gasteiger partial charge in [-0.05, 0) is 24.3 Å². The smallest absolute Gasteiger partial charge is 0.272 e. The summed E-state index contributed by atoms with van der Waals surface area (Å²) in [5.41, 5.74) is -0.406. The first-order valence-corrected chi connectivity index (χ1v) is 6.76. The lowest BCUT2D eigenvalue weighted by Crippen LogP contribution is -2.13. The van der Waals surface area contributed by atoms with Crippen LogP contribution in [-0.2, 0) is 0 Å². The Morgan fingerprint density at radius 1 is 1.29 bits per heavy atom. The molecule has 0 atom stereocenters. The molecule has 8 heteroatoms. The second kappa shape index (κ2) is 6.19. The topological polar surface area (TPSA) is 72.2 Å². The van der Waals surface area contributed by atoms with E-state index in [1.807, 2.05) is 0 Å². The number of anilines is 1. The lowest BCUT2D eigenvalue weighted by Gasteiger charge is -2.08. The molecule has 0 aliphatic carbocycles. The van der Waals surface area contributed by atoms with Crippen LogP contribution in [0.5, 0.6) is 0 Å². The van der Waals surface area contributed by atoms with Crippen LogP contribution in [0.2, 0.25) is 5.02 Å². The molecule has 0 spiro atoms. The molecule has 2 rings (SSSR count). The Kier molecular flexibility index (Phi) is 4.54.